The van der Waals surface area contributed by atoms with Crippen LogP contribution >= 0.6 is 0 Å². The van der Waals surface area contributed by atoms with Gasteiger partial charge in [-0.3, -0.25) is 0 Å². The van der Waals surface area contributed by atoms with Crippen molar-refractivity contribution >= 4 is 5.69 Å². The van der Waals surface area contributed by atoms with Crippen LogP contribution in [0.25, 0.3) is 0 Å². The Balaban J connectivity index is 1.52. The molecule has 104 valence electrons. The molecule has 20 heavy (non-hydrogen) atoms. The molecule has 2 aromatic rings. The molecule has 0 amide bonds. The lowest BCUT2D eigenvalue weighted by atomic mass is 10.1. The van der Waals surface area contributed by atoms with E-state index in [1.54, 1.807) is 0 Å². The number of nitrogens with one attached hydrogen (secondary N) is 1. The Bertz CT molecular complexity index is 550. The average Bonchev–Trinajstić information content (AvgIpc) is 2.92. The van der Waals surface area contributed by atoms with Gasteiger partial charge in [0.15, 0.2) is 0 Å². The quantitative estimate of drug-likeness (QED) is 0.892. The monoisotopic (exact) mass is 266 g/mol. The van der Waals surface area contributed by atoms with Crippen molar-refractivity contribution in [2.45, 2.75) is 19.4 Å². The Labute approximate surface area is 121 Å². The molecule has 1 aliphatic rings. The van der Waals surface area contributed by atoms with Gasteiger partial charge in [-0.1, -0.05) is 48.5 Å². The number of hydrogen-bond donors (Lipinski definition) is 1. The van der Waals surface area contributed by atoms with Crippen LogP contribution in [0.2, 0.25) is 0 Å². The third kappa shape index (κ3) is 2.86. The van der Waals surface area contributed by atoms with Crippen molar-refractivity contribution in [3.8, 4) is 0 Å². The van der Waals surface area contributed by atoms with Crippen molar-refractivity contribution in [1.29, 1.82) is 0 Å². The van der Waals surface area contributed by atoms with E-state index in [1.807, 2.05) is 0 Å². The second kappa shape index (κ2) is 6.10. The zero-order valence-corrected chi connectivity index (χ0v) is 12.0. The fourth-order valence-electron chi connectivity index (χ4n) is 2.91. The summed E-state index contributed by atoms with van der Waals surface area (Å²) in [5, 5.41) is 3.61. The van der Waals surface area contributed by atoms with E-state index in [9.17, 15) is 0 Å². The van der Waals surface area contributed by atoms with E-state index in [1.165, 1.54) is 23.2 Å². The van der Waals surface area contributed by atoms with Crippen LogP contribution in [0, 0.1) is 0 Å². The van der Waals surface area contributed by atoms with Crippen molar-refractivity contribution in [2.24, 2.45) is 0 Å². The fourth-order valence-corrected chi connectivity index (χ4v) is 2.91. The van der Waals surface area contributed by atoms with Crippen LogP contribution in [0.1, 0.15) is 24.1 Å². The highest BCUT2D eigenvalue weighted by Gasteiger charge is 2.17. The number of hydrogen-bond acceptors (Lipinski definition) is 2. The van der Waals surface area contributed by atoms with Gasteiger partial charge in [-0.05, 0) is 30.5 Å². The zero-order chi connectivity index (χ0) is 13.8. The molecule has 2 heteroatoms. The summed E-state index contributed by atoms with van der Waals surface area (Å²) in [5.41, 5.74) is 4.26. The Hall–Kier alpha value is -1.80. The highest BCUT2D eigenvalue weighted by molar-refractivity contribution is 5.57. The second-order valence-electron chi connectivity index (χ2n) is 5.45. The average molecular weight is 266 g/mol. The van der Waals surface area contributed by atoms with Gasteiger partial charge in [-0.25, -0.2) is 0 Å². The number of benzene rings is 2. The molecule has 1 atom stereocenters. The van der Waals surface area contributed by atoms with Crippen LogP contribution in [-0.4, -0.2) is 19.6 Å². The maximum atomic E-state index is 3.61. The predicted octanol–water partition coefficient (Wildman–Crippen LogP) is 3.40. The van der Waals surface area contributed by atoms with Crippen LogP contribution < -0.4 is 10.2 Å². The molecular weight excluding hydrogens is 244 g/mol. The largest absolute Gasteiger partial charge is 0.370 e. The van der Waals surface area contributed by atoms with Gasteiger partial charge in [0.2, 0.25) is 0 Å². The molecular formula is C18H22N2. The fraction of sp³-hybridized carbons (Fsp3) is 0.333. The lowest BCUT2D eigenvalue weighted by Crippen LogP contribution is -2.32. The Morgan fingerprint density at radius 1 is 1.05 bits per heavy atom. The van der Waals surface area contributed by atoms with Crippen molar-refractivity contribution in [2.75, 3.05) is 24.5 Å². The third-order valence-corrected chi connectivity index (χ3v) is 4.12. The van der Waals surface area contributed by atoms with Crippen molar-refractivity contribution in [3.05, 3.63) is 65.7 Å². The molecule has 1 N–H and O–H groups in total. The number of fused-ring (bicyclic) bond motifs is 1. The van der Waals surface area contributed by atoms with Crippen LogP contribution in [0.15, 0.2) is 54.6 Å². The first-order valence-electron chi connectivity index (χ1n) is 7.46. The van der Waals surface area contributed by atoms with Gasteiger partial charge in [0.1, 0.15) is 0 Å². The first-order chi connectivity index (χ1) is 9.84. The zero-order valence-electron chi connectivity index (χ0n) is 12.0. The molecule has 2 aromatic carbocycles. The molecule has 0 saturated carbocycles. The van der Waals surface area contributed by atoms with Gasteiger partial charge in [-0.2, -0.15) is 0 Å². The summed E-state index contributed by atoms with van der Waals surface area (Å²) in [4.78, 5) is 2.49. The van der Waals surface area contributed by atoms with Crippen LogP contribution in [0.3, 0.4) is 0 Å². The summed E-state index contributed by atoms with van der Waals surface area (Å²) in [6.07, 6.45) is 1.18. The van der Waals surface area contributed by atoms with Gasteiger partial charge < -0.3 is 10.2 Å². The lowest BCUT2D eigenvalue weighted by molar-refractivity contribution is 0.572. The minimum Gasteiger partial charge on any atom is -0.370 e. The van der Waals surface area contributed by atoms with Gasteiger partial charge in [0.25, 0.3) is 0 Å². The normalized spacial score (nSPS) is 15.2. The van der Waals surface area contributed by atoms with Crippen molar-refractivity contribution < 1.29 is 0 Å². The van der Waals surface area contributed by atoms with E-state index in [-0.39, 0.29) is 0 Å². The van der Waals surface area contributed by atoms with Crippen LogP contribution in [0.5, 0.6) is 0 Å². The summed E-state index contributed by atoms with van der Waals surface area (Å²) < 4.78 is 0. The van der Waals surface area contributed by atoms with E-state index in [0.29, 0.717) is 6.04 Å². The van der Waals surface area contributed by atoms with E-state index in [2.05, 4.69) is 71.7 Å². The number of rotatable bonds is 5. The molecule has 0 radical (unpaired) electrons. The minimum atomic E-state index is 0.411. The maximum absolute atomic E-state index is 3.61. The molecule has 0 fully saturated rings. The maximum Gasteiger partial charge on any atom is 0.0399 e. The standard InChI is InChI=1S/C18H22N2/c1-15(16-7-3-2-4-8-16)19-12-14-20-13-11-17-9-5-6-10-18(17)20/h2-10,15,19H,11-14H2,1H3. The first kappa shape index (κ1) is 13.2. The van der Waals surface area contributed by atoms with Gasteiger partial charge in [-0.15, -0.1) is 0 Å². The van der Waals surface area contributed by atoms with Gasteiger partial charge >= 0.3 is 0 Å². The number of nitrogens with zero attached hydrogens (tertiary/aromatic N) is 1. The van der Waals surface area contributed by atoms with Crippen molar-refractivity contribution in [3.63, 3.8) is 0 Å². The van der Waals surface area contributed by atoms with E-state index >= 15 is 0 Å². The summed E-state index contributed by atoms with van der Waals surface area (Å²) in [6.45, 7) is 5.48. The number of anilines is 1. The molecule has 0 saturated heterocycles. The third-order valence-electron chi connectivity index (χ3n) is 4.12. The molecule has 1 unspecified atom stereocenters. The smallest absolute Gasteiger partial charge is 0.0399 e. The lowest BCUT2D eigenvalue weighted by Gasteiger charge is -2.21. The molecule has 1 aliphatic heterocycles. The second-order valence-corrected chi connectivity index (χ2v) is 5.45. The number of para-hydroxylation sites is 1. The predicted molar refractivity (Wildman–Crippen MR) is 85.2 cm³/mol. The Morgan fingerprint density at radius 2 is 1.80 bits per heavy atom. The molecule has 0 spiro atoms. The molecule has 0 aliphatic carbocycles. The highest BCUT2D eigenvalue weighted by atomic mass is 15.2. The summed E-state index contributed by atoms with van der Waals surface area (Å²) in [7, 11) is 0. The highest BCUT2D eigenvalue weighted by Crippen LogP contribution is 2.26. The molecule has 0 aromatic heterocycles. The molecule has 1 heterocycles. The molecule has 2 nitrogen and oxygen atoms in total. The first-order valence-corrected chi connectivity index (χ1v) is 7.46. The van der Waals surface area contributed by atoms with Crippen LogP contribution in [-0.2, 0) is 6.42 Å². The van der Waals surface area contributed by atoms with Gasteiger partial charge in [0, 0.05) is 31.4 Å². The van der Waals surface area contributed by atoms with Gasteiger partial charge in [0.05, 0.1) is 0 Å². The SMILES string of the molecule is CC(NCCN1CCc2ccccc21)c1ccccc1. The van der Waals surface area contributed by atoms with E-state index in [4.69, 9.17) is 0 Å². The Kier molecular flexibility index (Phi) is 4.03. The molecule has 0 bridgehead atoms. The summed E-state index contributed by atoms with van der Waals surface area (Å²) >= 11 is 0. The Morgan fingerprint density at radius 3 is 2.65 bits per heavy atom. The van der Waals surface area contributed by atoms with Crippen molar-refractivity contribution in [1.82, 2.24) is 5.32 Å². The van der Waals surface area contributed by atoms with E-state index < -0.39 is 0 Å². The summed E-state index contributed by atoms with van der Waals surface area (Å²) in [6, 6.07) is 19.8. The topological polar surface area (TPSA) is 15.3 Å². The molecule has 3 rings (SSSR count). The van der Waals surface area contributed by atoms with Crippen LogP contribution in [0.4, 0.5) is 5.69 Å². The summed E-state index contributed by atoms with van der Waals surface area (Å²) in [5.74, 6) is 0. The minimum absolute atomic E-state index is 0.411. The van der Waals surface area contributed by atoms with E-state index in [0.717, 1.165) is 19.6 Å².